The Balaban J connectivity index is 1.52. The van der Waals surface area contributed by atoms with Gasteiger partial charge in [0.1, 0.15) is 5.82 Å². The van der Waals surface area contributed by atoms with E-state index in [0.717, 1.165) is 29.0 Å². The van der Waals surface area contributed by atoms with Crippen molar-refractivity contribution in [3.8, 4) is 10.4 Å². The van der Waals surface area contributed by atoms with E-state index >= 15 is 0 Å². The van der Waals surface area contributed by atoms with E-state index in [0.29, 0.717) is 17.8 Å². The van der Waals surface area contributed by atoms with Gasteiger partial charge in [0.2, 0.25) is 5.91 Å². The fraction of sp³-hybridized carbons (Fsp3) is 0.217. The first-order valence-corrected chi connectivity index (χ1v) is 10.4. The zero-order valence-electron chi connectivity index (χ0n) is 15.8. The molecular weight excluding hydrogens is 387 g/mol. The third-order valence-corrected chi connectivity index (χ3v) is 6.17. The molecule has 1 aliphatic rings. The van der Waals surface area contributed by atoms with Crippen molar-refractivity contribution in [1.82, 2.24) is 10.2 Å². The van der Waals surface area contributed by atoms with Crippen molar-refractivity contribution in [3.05, 3.63) is 83.0 Å². The maximum absolute atomic E-state index is 13.1. The summed E-state index contributed by atoms with van der Waals surface area (Å²) < 4.78 is 13.1. The second kappa shape index (κ2) is 8.57. The standard InChI is InChI=1S/C23H21FN2O2S/c24-18-10-8-17(9-11-18)20-12-13-21(29-20)23(28)25-19(16-5-2-1-3-6-16)15-26-14-4-7-22(26)27/h1-3,5-6,8-13,19H,4,7,14-15H2,(H,25,28). The first-order chi connectivity index (χ1) is 14.1. The van der Waals surface area contributed by atoms with Crippen LogP contribution in [0.5, 0.6) is 0 Å². The summed E-state index contributed by atoms with van der Waals surface area (Å²) in [6, 6.07) is 19.3. The molecule has 0 bridgehead atoms. The highest BCUT2D eigenvalue weighted by atomic mass is 32.1. The molecule has 2 aromatic carbocycles. The van der Waals surface area contributed by atoms with Gasteiger partial charge in [-0.25, -0.2) is 4.39 Å². The van der Waals surface area contributed by atoms with E-state index in [4.69, 9.17) is 0 Å². The number of rotatable bonds is 6. The molecule has 2 amide bonds. The van der Waals surface area contributed by atoms with Crippen molar-refractivity contribution < 1.29 is 14.0 Å². The summed E-state index contributed by atoms with van der Waals surface area (Å²) in [5.41, 5.74) is 1.84. The lowest BCUT2D eigenvalue weighted by Gasteiger charge is -2.25. The third-order valence-electron chi connectivity index (χ3n) is 5.04. The topological polar surface area (TPSA) is 49.4 Å². The third kappa shape index (κ3) is 4.54. The van der Waals surface area contributed by atoms with Gasteiger partial charge in [-0.15, -0.1) is 11.3 Å². The average Bonchev–Trinajstić information content (AvgIpc) is 3.38. The average molecular weight is 408 g/mol. The summed E-state index contributed by atoms with van der Waals surface area (Å²) >= 11 is 1.37. The second-order valence-electron chi connectivity index (χ2n) is 7.05. The molecule has 1 N–H and O–H groups in total. The van der Waals surface area contributed by atoms with Crippen LogP contribution in [0.4, 0.5) is 4.39 Å². The van der Waals surface area contributed by atoms with Gasteiger partial charge in [0.05, 0.1) is 10.9 Å². The van der Waals surface area contributed by atoms with Crippen LogP contribution in [0.3, 0.4) is 0 Å². The highest BCUT2D eigenvalue weighted by molar-refractivity contribution is 7.17. The Labute approximate surface area is 173 Å². The number of nitrogens with one attached hydrogen (secondary N) is 1. The van der Waals surface area contributed by atoms with Gasteiger partial charge < -0.3 is 10.2 Å². The fourth-order valence-corrected chi connectivity index (χ4v) is 4.41. The van der Waals surface area contributed by atoms with Crippen molar-refractivity contribution in [3.63, 3.8) is 0 Å². The molecule has 3 aromatic rings. The predicted octanol–water partition coefficient (Wildman–Crippen LogP) is 4.65. The Hall–Kier alpha value is -2.99. The number of benzene rings is 2. The molecule has 1 unspecified atom stereocenters. The largest absolute Gasteiger partial charge is 0.343 e. The monoisotopic (exact) mass is 408 g/mol. The van der Waals surface area contributed by atoms with Crippen molar-refractivity contribution in [2.45, 2.75) is 18.9 Å². The van der Waals surface area contributed by atoms with Gasteiger partial charge in [-0.05, 0) is 41.8 Å². The number of halogens is 1. The quantitative estimate of drug-likeness (QED) is 0.646. The maximum Gasteiger partial charge on any atom is 0.261 e. The number of nitrogens with zero attached hydrogens (tertiary/aromatic N) is 1. The molecular formula is C23H21FN2O2S. The predicted molar refractivity (Wildman–Crippen MR) is 112 cm³/mol. The summed E-state index contributed by atoms with van der Waals surface area (Å²) in [5.74, 6) is -0.329. The lowest BCUT2D eigenvalue weighted by molar-refractivity contribution is -0.128. The van der Waals surface area contributed by atoms with Gasteiger partial charge in [-0.2, -0.15) is 0 Å². The van der Waals surface area contributed by atoms with E-state index in [1.54, 1.807) is 18.2 Å². The van der Waals surface area contributed by atoms with E-state index in [1.165, 1.54) is 23.5 Å². The Morgan fingerprint density at radius 1 is 1.07 bits per heavy atom. The number of amides is 2. The summed E-state index contributed by atoms with van der Waals surface area (Å²) in [5, 5.41) is 3.09. The molecule has 1 saturated heterocycles. The van der Waals surface area contributed by atoms with Crippen LogP contribution < -0.4 is 5.32 Å². The van der Waals surface area contributed by atoms with Gasteiger partial charge in [-0.3, -0.25) is 9.59 Å². The molecule has 1 atom stereocenters. The lowest BCUT2D eigenvalue weighted by atomic mass is 10.1. The van der Waals surface area contributed by atoms with Crippen LogP contribution in [0, 0.1) is 5.82 Å². The lowest BCUT2D eigenvalue weighted by Crippen LogP contribution is -2.38. The Morgan fingerprint density at radius 3 is 2.52 bits per heavy atom. The number of likely N-dealkylation sites (tertiary alicyclic amines) is 1. The smallest absolute Gasteiger partial charge is 0.261 e. The van der Waals surface area contributed by atoms with Crippen LogP contribution in [0.1, 0.15) is 34.1 Å². The van der Waals surface area contributed by atoms with Gasteiger partial charge >= 0.3 is 0 Å². The molecule has 0 saturated carbocycles. The zero-order chi connectivity index (χ0) is 20.2. The molecule has 29 heavy (non-hydrogen) atoms. The summed E-state index contributed by atoms with van der Waals surface area (Å²) in [7, 11) is 0. The highest BCUT2D eigenvalue weighted by Gasteiger charge is 2.26. The first kappa shape index (κ1) is 19.3. The van der Waals surface area contributed by atoms with Crippen molar-refractivity contribution in [2.75, 3.05) is 13.1 Å². The number of carbonyl (C=O) groups excluding carboxylic acids is 2. The van der Waals surface area contributed by atoms with E-state index in [2.05, 4.69) is 5.32 Å². The molecule has 0 spiro atoms. The molecule has 1 aliphatic heterocycles. The van der Waals surface area contributed by atoms with E-state index in [1.807, 2.05) is 41.3 Å². The minimum absolute atomic E-state index is 0.134. The molecule has 1 fully saturated rings. The minimum Gasteiger partial charge on any atom is -0.343 e. The van der Waals surface area contributed by atoms with E-state index in [-0.39, 0.29) is 23.7 Å². The van der Waals surface area contributed by atoms with Crippen molar-refractivity contribution >= 4 is 23.2 Å². The molecule has 148 valence electrons. The summed E-state index contributed by atoms with van der Waals surface area (Å²) in [6.45, 7) is 1.19. The first-order valence-electron chi connectivity index (χ1n) is 9.59. The Morgan fingerprint density at radius 2 is 1.83 bits per heavy atom. The number of carbonyl (C=O) groups is 2. The number of hydrogen-bond acceptors (Lipinski definition) is 3. The Kier molecular flexibility index (Phi) is 5.71. The SMILES string of the molecule is O=C(NC(CN1CCCC1=O)c1ccccc1)c1ccc(-c2ccc(F)cc2)s1. The van der Waals surface area contributed by atoms with E-state index < -0.39 is 0 Å². The molecule has 6 heteroatoms. The van der Waals surface area contributed by atoms with Crippen molar-refractivity contribution in [1.29, 1.82) is 0 Å². The van der Waals surface area contributed by atoms with Crippen LogP contribution in [0.15, 0.2) is 66.7 Å². The molecule has 1 aromatic heterocycles. The van der Waals surface area contributed by atoms with Crippen LogP contribution in [-0.2, 0) is 4.79 Å². The second-order valence-corrected chi connectivity index (χ2v) is 8.13. The number of hydrogen-bond donors (Lipinski definition) is 1. The minimum atomic E-state index is -0.287. The molecule has 4 rings (SSSR count). The van der Waals surface area contributed by atoms with Gasteiger partial charge in [0.15, 0.2) is 0 Å². The van der Waals surface area contributed by atoms with Crippen molar-refractivity contribution in [2.24, 2.45) is 0 Å². The van der Waals surface area contributed by atoms with Crippen LogP contribution in [0.25, 0.3) is 10.4 Å². The molecule has 4 nitrogen and oxygen atoms in total. The zero-order valence-corrected chi connectivity index (χ0v) is 16.6. The summed E-state index contributed by atoms with van der Waals surface area (Å²) in [4.78, 5) is 28.3. The van der Waals surface area contributed by atoms with Gasteiger partial charge in [0.25, 0.3) is 5.91 Å². The normalized spacial score (nSPS) is 14.8. The van der Waals surface area contributed by atoms with Gasteiger partial charge in [0, 0.05) is 24.4 Å². The highest BCUT2D eigenvalue weighted by Crippen LogP contribution is 2.29. The van der Waals surface area contributed by atoms with Gasteiger partial charge in [-0.1, -0.05) is 42.5 Å². The van der Waals surface area contributed by atoms with Crippen LogP contribution >= 0.6 is 11.3 Å². The Bertz CT molecular complexity index is 1000. The maximum atomic E-state index is 13.1. The summed E-state index contributed by atoms with van der Waals surface area (Å²) in [6.07, 6.45) is 1.43. The number of thiophene rings is 1. The van der Waals surface area contributed by atoms with Crippen LogP contribution in [-0.4, -0.2) is 29.8 Å². The molecule has 2 heterocycles. The van der Waals surface area contributed by atoms with E-state index in [9.17, 15) is 14.0 Å². The molecule has 0 radical (unpaired) electrons. The fourth-order valence-electron chi connectivity index (χ4n) is 3.50. The molecule has 0 aliphatic carbocycles. The van der Waals surface area contributed by atoms with Crippen LogP contribution in [0.2, 0.25) is 0 Å².